The van der Waals surface area contributed by atoms with Crippen molar-refractivity contribution in [1.29, 1.82) is 0 Å². The summed E-state index contributed by atoms with van der Waals surface area (Å²) >= 11 is 0. The first-order chi connectivity index (χ1) is 11.5. The first kappa shape index (κ1) is 17.5. The van der Waals surface area contributed by atoms with Crippen LogP contribution in [0.3, 0.4) is 0 Å². The zero-order chi connectivity index (χ0) is 17.5. The fourth-order valence-corrected chi connectivity index (χ4v) is 2.08. The lowest BCUT2D eigenvalue weighted by atomic mass is 10.2. The van der Waals surface area contributed by atoms with Crippen LogP contribution in [-0.4, -0.2) is 19.6 Å². The molecule has 0 bridgehead atoms. The average Bonchev–Trinajstić information content (AvgIpc) is 2.55. The Morgan fingerprint density at radius 2 is 1.92 bits per heavy atom. The summed E-state index contributed by atoms with van der Waals surface area (Å²) in [6.45, 7) is -1.18. The number of rotatable bonds is 6. The summed E-state index contributed by atoms with van der Waals surface area (Å²) in [4.78, 5) is 12.1. The average molecular weight is 333 g/mol. The van der Waals surface area contributed by atoms with E-state index in [4.69, 9.17) is 4.74 Å². The van der Waals surface area contributed by atoms with Gasteiger partial charge in [0.2, 0.25) is 5.91 Å². The molecule has 2 aromatic carbocycles. The number of carbonyl (C=O) groups is 1. The molecule has 0 aliphatic heterocycles. The highest BCUT2D eigenvalue weighted by Gasteiger charge is 2.11. The molecule has 0 spiro atoms. The molecule has 0 heterocycles. The molecule has 0 fully saturated rings. The van der Waals surface area contributed by atoms with Gasteiger partial charge in [-0.15, -0.1) is 0 Å². The molecule has 0 unspecified atom stereocenters. The SMILES string of the molecule is COc1ccccc1/C=C/C(=O)Nc1cc(C)ccc1OC(F)F. The Morgan fingerprint density at radius 1 is 1.17 bits per heavy atom. The predicted molar refractivity (Wildman–Crippen MR) is 88.5 cm³/mol. The lowest BCUT2D eigenvalue weighted by Crippen LogP contribution is -2.11. The van der Waals surface area contributed by atoms with Gasteiger partial charge in [-0.3, -0.25) is 4.79 Å². The Morgan fingerprint density at radius 3 is 2.62 bits per heavy atom. The van der Waals surface area contributed by atoms with E-state index in [-0.39, 0.29) is 11.4 Å². The second-order valence-corrected chi connectivity index (χ2v) is 4.94. The number of carbonyl (C=O) groups excluding carboxylic acids is 1. The van der Waals surface area contributed by atoms with E-state index in [1.807, 2.05) is 12.1 Å². The van der Waals surface area contributed by atoms with Crippen molar-refractivity contribution in [1.82, 2.24) is 0 Å². The van der Waals surface area contributed by atoms with Crippen molar-refractivity contribution in [2.75, 3.05) is 12.4 Å². The second-order valence-electron chi connectivity index (χ2n) is 4.94. The van der Waals surface area contributed by atoms with Gasteiger partial charge in [-0.05, 0) is 36.8 Å². The summed E-state index contributed by atoms with van der Waals surface area (Å²) in [5, 5.41) is 2.54. The third kappa shape index (κ3) is 4.81. The fraction of sp³-hybridized carbons (Fsp3) is 0.167. The number of methoxy groups -OCH3 is 1. The van der Waals surface area contributed by atoms with Crippen molar-refractivity contribution in [3.8, 4) is 11.5 Å². The number of aryl methyl sites for hydroxylation is 1. The fourth-order valence-electron chi connectivity index (χ4n) is 2.08. The smallest absolute Gasteiger partial charge is 0.387 e. The van der Waals surface area contributed by atoms with Crippen LogP contribution in [0.15, 0.2) is 48.5 Å². The van der Waals surface area contributed by atoms with Crippen LogP contribution in [-0.2, 0) is 4.79 Å². The highest BCUT2D eigenvalue weighted by molar-refractivity contribution is 6.03. The van der Waals surface area contributed by atoms with E-state index in [2.05, 4.69) is 10.1 Å². The summed E-state index contributed by atoms with van der Waals surface area (Å²) in [7, 11) is 1.54. The molecule has 0 saturated carbocycles. The Balaban J connectivity index is 2.15. The molecule has 1 amide bonds. The molecule has 6 heteroatoms. The minimum Gasteiger partial charge on any atom is -0.496 e. The summed E-state index contributed by atoms with van der Waals surface area (Å²) in [6, 6.07) is 11.8. The van der Waals surface area contributed by atoms with Gasteiger partial charge in [0.1, 0.15) is 11.5 Å². The molecule has 0 aromatic heterocycles. The quantitative estimate of drug-likeness (QED) is 0.804. The van der Waals surface area contributed by atoms with Crippen LogP contribution in [0.1, 0.15) is 11.1 Å². The topological polar surface area (TPSA) is 47.6 Å². The second kappa shape index (κ2) is 8.10. The Labute approximate surface area is 138 Å². The zero-order valence-electron chi connectivity index (χ0n) is 13.3. The van der Waals surface area contributed by atoms with Crippen molar-refractivity contribution in [3.63, 3.8) is 0 Å². The molecule has 24 heavy (non-hydrogen) atoms. The van der Waals surface area contributed by atoms with Gasteiger partial charge in [0.25, 0.3) is 0 Å². The molecular weight excluding hydrogens is 316 g/mol. The molecule has 0 saturated heterocycles. The van der Waals surface area contributed by atoms with E-state index < -0.39 is 12.5 Å². The third-order valence-electron chi connectivity index (χ3n) is 3.16. The van der Waals surface area contributed by atoms with E-state index in [0.29, 0.717) is 5.75 Å². The van der Waals surface area contributed by atoms with Crippen LogP contribution in [0.2, 0.25) is 0 Å². The van der Waals surface area contributed by atoms with Crippen LogP contribution in [0.4, 0.5) is 14.5 Å². The summed E-state index contributed by atoms with van der Waals surface area (Å²) in [5.41, 5.74) is 1.72. The largest absolute Gasteiger partial charge is 0.496 e. The minimum absolute atomic E-state index is 0.0883. The Hall–Kier alpha value is -2.89. The predicted octanol–water partition coefficient (Wildman–Crippen LogP) is 4.26. The van der Waals surface area contributed by atoms with Gasteiger partial charge < -0.3 is 14.8 Å². The molecule has 126 valence electrons. The molecule has 1 N–H and O–H groups in total. The van der Waals surface area contributed by atoms with Crippen LogP contribution in [0, 0.1) is 6.92 Å². The zero-order valence-corrected chi connectivity index (χ0v) is 13.3. The van der Waals surface area contributed by atoms with Gasteiger partial charge in [-0.1, -0.05) is 24.3 Å². The van der Waals surface area contributed by atoms with E-state index in [0.717, 1.165) is 11.1 Å². The number of hydrogen-bond acceptors (Lipinski definition) is 3. The molecule has 0 aliphatic rings. The van der Waals surface area contributed by atoms with E-state index in [1.165, 1.54) is 19.3 Å². The van der Waals surface area contributed by atoms with Crippen LogP contribution >= 0.6 is 0 Å². The monoisotopic (exact) mass is 333 g/mol. The van der Waals surface area contributed by atoms with Gasteiger partial charge in [0.05, 0.1) is 12.8 Å². The van der Waals surface area contributed by atoms with Crippen LogP contribution in [0.5, 0.6) is 11.5 Å². The summed E-state index contributed by atoms with van der Waals surface area (Å²) < 4.78 is 34.5. The molecule has 0 radical (unpaired) electrons. The minimum atomic E-state index is -2.97. The number of nitrogens with one attached hydrogen (secondary N) is 1. The maximum atomic E-state index is 12.4. The number of halogens is 2. The normalized spacial score (nSPS) is 10.9. The standard InChI is InChI=1S/C18H17F2NO3/c1-12-7-9-16(24-18(19)20)14(11-12)21-17(22)10-8-13-5-3-4-6-15(13)23-2/h3-11,18H,1-2H3,(H,21,22)/b10-8+. The van der Waals surface area contributed by atoms with Gasteiger partial charge in [-0.2, -0.15) is 8.78 Å². The van der Waals surface area contributed by atoms with Crippen molar-refractivity contribution in [2.45, 2.75) is 13.5 Å². The third-order valence-corrected chi connectivity index (χ3v) is 3.16. The van der Waals surface area contributed by atoms with Gasteiger partial charge in [0.15, 0.2) is 0 Å². The highest BCUT2D eigenvalue weighted by atomic mass is 19.3. The summed E-state index contributed by atoms with van der Waals surface area (Å²) in [5.74, 6) is 0.0686. The molecular formula is C18H17F2NO3. The maximum Gasteiger partial charge on any atom is 0.387 e. The van der Waals surface area contributed by atoms with Gasteiger partial charge in [0, 0.05) is 11.6 Å². The number of amides is 1. The lowest BCUT2D eigenvalue weighted by Gasteiger charge is -2.11. The lowest BCUT2D eigenvalue weighted by molar-refractivity contribution is -0.111. The van der Waals surface area contributed by atoms with Crippen molar-refractivity contribution in [3.05, 3.63) is 59.7 Å². The number of ether oxygens (including phenoxy) is 2. The number of hydrogen-bond donors (Lipinski definition) is 1. The number of para-hydroxylation sites is 1. The number of alkyl halides is 2. The number of benzene rings is 2. The van der Waals surface area contributed by atoms with E-state index in [9.17, 15) is 13.6 Å². The summed E-state index contributed by atoms with van der Waals surface area (Å²) in [6.07, 6.45) is 2.88. The van der Waals surface area contributed by atoms with E-state index >= 15 is 0 Å². The molecule has 0 atom stereocenters. The molecule has 0 aliphatic carbocycles. The van der Waals surface area contributed by atoms with E-state index in [1.54, 1.807) is 37.3 Å². The molecule has 2 rings (SSSR count). The van der Waals surface area contributed by atoms with Crippen molar-refractivity contribution in [2.24, 2.45) is 0 Å². The first-order valence-corrected chi connectivity index (χ1v) is 7.17. The molecule has 4 nitrogen and oxygen atoms in total. The van der Waals surface area contributed by atoms with Crippen LogP contribution < -0.4 is 14.8 Å². The van der Waals surface area contributed by atoms with Crippen molar-refractivity contribution >= 4 is 17.7 Å². The Bertz CT molecular complexity index is 745. The molecule has 2 aromatic rings. The first-order valence-electron chi connectivity index (χ1n) is 7.17. The van der Waals surface area contributed by atoms with Gasteiger partial charge in [-0.25, -0.2) is 0 Å². The maximum absolute atomic E-state index is 12.4. The van der Waals surface area contributed by atoms with Gasteiger partial charge >= 0.3 is 6.61 Å². The van der Waals surface area contributed by atoms with Crippen molar-refractivity contribution < 1.29 is 23.0 Å². The highest BCUT2D eigenvalue weighted by Crippen LogP contribution is 2.27. The number of anilines is 1. The van der Waals surface area contributed by atoms with Crippen LogP contribution in [0.25, 0.3) is 6.08 Å². The Kier molecular flexibility index (Phi) is 5.89.